The molecule has 2 N–H and O–H groups in total. The highest BCUT2D eigenvalue weighted by Gasteiger charge is 2.21. The first-order chi connectivity index (χ1) is 10.6. The first kappa shape index (κ1) is 16.1. The Labute approximate surface area is 128 Å². The molecule has 1 aromatic rings. The number of carboxylic acids is 1. The molecule has 0 fully saturated rings. The lowest BCUT2D eigenvalue weighted by Gasteiger charge is -2.15. The van der Waals surface area contributed by atoms with Gasteiger partial charge in [0, 0.05) is 32.1 Å². The largest absolute Gasteiger partial charge is 0.490 e. The van der Waals surface area contributed by atoms with Gasteiger partial charge in [-0.3, -0.25) is 4.79 Å². The molecule has 0 aromatic heterocycles. The van der Waals surface area contributed by atoms with Crippen LogP contribution in [0.25, 0.3) is 0 Å². The van der Waals surface area contributed by atoms with Crippen LogP contribution >= 0.6 is 0 Å². The molecule has 1 aliphatic heterocycles. The second-order valence-electron chi connectivity index (χ2n) is 4.86. The maximum Gasteiger partial charge on any atom is 0.326 e. The van der Waals surface area contributed by atoms with Gasteiger partial charge in [-0.25, -0.2) is 4.79 Å². The molecule has 0 unspecified atom stereocenters. The monoisotopic (exact) mass is 309 g/mol. The van der Waals surface area contributed by atoms with Crippen LogP contribution in [0.3, 0.4) is 0 Å². The molecule has 2 rings (SSSR count). The van der Waals surface area contributed by atoms with E-state index in [0.717, 1.165) is 6.42 Å². The highest BCUT2D eigenvalue weighted by molar-refractivity contribution is 5.97. The number of aliphatic carboxylic acids is 1. The molecule has 0 radical (unpaired) electrons. The van der Waals surface area contributed by atoms with Crippen LogP contribution in [0.1, 0.15) is 23.2 Å². The van der Waals surface area contributed by atoms with Crippen LogP contribution in [0.4, 0.5) is 0 Å². The maximum absolute atomic E-state index is 12.2. The van der Waals surface area contributed by atoms with Gasteiger partial charge < -0.3 is 24.6 Å². The second-order valence-corrected chi connectivity index (χ2v) is 4.86. The van der Waals surface area contributed by atoms with Gasteiger partial charge in [-0.05, 0) is 18.2 Å². The predicted octanol–water partition coefficient (Wildman–Crippen LogP) is 1.07. The van der Waals surface area contributed by atoms with Gasteiger partial charge in [0.2, 0.25) is 0 Å². The van der Waals surface area contributed by atoms with Crippen LogP contribution < -0.4 is 14.8 Å². The van der Waals surface area contributed by atoms with E-state index in [1.165, 1.54) is 7.11 Å². The first-order valence-electron chi connectivity index (χ1n) is 7.04. The fraction of sp³-hybridized carbons (Fsp3) is 0.467. The molecular weight excluding hydrogens is 290 g/mol. The highest BCUT2D eigenvalue weighted by atomic mass is 16.5. The summed E-state index contributed by atoms with van der Waals surface area (Å²) in [5.41, 5.74) is 0.327. The number of hydrogen-bond acceptors (Lipinski definition) is 5. The molecule has 0 aliphatic carbocycles. The number of carbonyl (C=O) groups excluding carboxylic acids is 1. The van der Waals surface area contributed by atoms with Crippen molar-refractivity contribution in [3.05, 3.63) is 23.8 Å². The molecule has 1 aliphatic rings. The third kappa shape index (κ3) is 4.11. The van der Waals surface area contributed by atoms with Crippen LogP contribution in [0.2, 0.25) is 0 Å². The van der Waals surface area contributed by atoms with Crippen molar-refractivity contribution in [1.29, 1.82) is 0 Å². The lowest BCUT2D eigenvalue weighted by molar-refractivity contribution is -0.139. The average molecular weight is 309 g/mol. The molecule has 120 valence electrons. The molecule has 7 nitrogen and oxygen atoms in total. The SMILES string of the molecule is COCC[C@@H](NC(=O)c1ccc2c(c1)OCCCO2)C(=O)O. The van der Waals surface area contributed by atoms with Gasteiger partial charge in [0.25, 0.3) is 5.91 Å². The van der Waals surface area contributed by atoms with Crippen molar-refractivity contribution in [1.82, 2.24) is 5.32 Å². The Morgan fingerprint density at radius 3 is 2.73 bits per heavy atom. The quantitative estimate of drug-likeness (QED) is 0.816. The fourth-order valence-corrected chi connectivity index (χ4v) is 2.04. The third-order valence-electron chi connectivity index (χ3n) is 3.22. The Hall–Kier alpha value is -2.28. The number of rotatable bonds is 6. The summed E-state index contributed by atoms with van der Waals surface area (Å²) in [5, 5.41) is 11.6. The molecule has 22 heavy (non-hydrogen) atoms. The van der Waals surface area contributed by atoms with Crippen molar-refractivity contribution in [2.75, 3.05) is 26.9 Å². The second kappa shape index (κ2) is 7.65. The van der Waals surface area contributed by atoms with Crippen molar-refractivity contribution < 1.29 is 28.9 Å². The number of nitrogens with one attached hydrogen (secondary N) is 1. The number of benzene rings is 1. The summed E-state index contributed by atoms with van der Waals surface area (Å²) >= 11 is 0. The normalized spacial score (nSPS) is 14.8. The molecule has 0 saturated heterocycles. The topological polar surface area (TPSA) is 94.1 Å². The van der Waals surface area contributed by atoms with Gasteiger partial charge in [0.15, 0.2) is 11.5 Å². The van der Waals surface area contributed by atoms with Gasteiger partial charge >= 0.3 is 5.97 Å². The average Bonchev–Trinajstić information content (AvgIpc) is 2.75. The van der Waals surface area contributed by atoms with Crippen molar-refractivity contribution in [3.63, 3.8) is 0 Å². The van der Waals surface area contributed by atoms with E-state index in [4.69, 9.17) is 19.3 Å². The summed E-state index contributed by atoms with van der Waals surface area (Å²) in [6, 6.07) is 3.80. The Balaban J connectivity index is 2.08. The van der Waals surface area contributed by atoms with Gasteiger partial charge in [0.1, 0.15) is 6.04 Å². The zero-order valence-electron chi connectivity index (χ0n) is 12.3. The van der Waals surface area contributed by atoms with Crippen molar-refractivity contribution in [3.8, 4) is 11.5 Å². The summed E-state index contributed by atoms with van der Waals surface area (Å²) in [6.07, 6.45) is 0.969. The van der Waals surface area contributed by atoms with Gasteiger partial charge in [-0.1, -0.05) is 0 Å². The van der Waals surface area contributed by atoms with Crippen LogP contribution in [0, 0.1) is 0 Å². The Morgan fingerprint density at radius 2 is 2.05 bits per heavy atom. The smallest absolute Gasteiger partial charge is 0.326 e. The zero-order valence-corrected chi connectivity index (χ0v) is 12.3. The molecule has 7 heteroatoms. The van der Waals surface area contributed by atoms with Crippen LogP contribution in [-0.4, -0.2) is 50.0 Å². The summed E-state index contributed by atoms with van der Waals surface area (Å²) in [5.74, 6) is -0.490. The maximum atomic E-state index is 12.2. The molecule has 0 saturated carbocycles. The van der Waals surface area contributed by atoms with Crippen molar-refractivity contribution in [2.45, 2.75) is 18.9 Å². The molecule has 1 heterocycles. The van der Waals surface area contributed by atoms with Gasteiger partial charge in [-0.2, -0.15) is 0 Å². The van der Waals surface area contributed by atoms with E-state index in [0.29, 0.717) is 30.3 Å². The molecule has 0 bridgehead atoms. The molecular formula is C15H19NO6. The molecule has 1 atom stereocenters. The lowest BCUT2D eigenvalue weighted by Crippen LogP contribution is -2.41. The standard InChI is InChI=1S/C15H19NO6/c1-20-8-5-11(15(18)19)16-14(17)10-3-4-12-13(9-10)22-7-2-6-21-12/h3-4,9,11H,2,5-8H2,1H3,(H,16,17)(H,18,19)/t11-/m1/s1. The minimum atomic E-state index is -1.10. The van der Waals surface area contributed by atoms with Crippen LogP contribution in [0.5, 0.6) is 11.5 Å². The lowest BCUT2D eigenvalue weighted by atomic mass is 10.1. The van der Waals surface area contributed by atoms with E-state index >= 15 is 0 Å². The number of methoxy groups -OCH3 is 1. The van der Waals surface area contributed by atoms with E-state index < -0.39 is 17.9 Å². The Kier molecular flexibility index (Phi) is 5.60. The number of fused-ring (bicyclic) bond motifs is 1. The highest BCUT2D eigenvalue weighted by Crippen LogP contribution is 2.30. The predicted molar refractivity (Wildman–Crippen MR) is 77.4 cm³/mol. The molecule has 0 spiro atoms. The minimum Gasteiger partial charge on any atom is -0.490 e. The first-order valence-corrected chi connectivity index (χ1v) is 7.04. The molecule has 1 amide bonds. The zero-order chi connectivity index (χ0) is 15.9. The summed E-state index contributed by atoms with van der Waals surface area (Å²) < 4.78 is 15.9. The van der Waals surface area contributed by atoms with E-state index in [2.05, 4.69) is 5.32 Å². The van der Waals surface area contributed by atoms with Crippen LogP contribution in [-0.2, 0) is 9.53 Å². The number of hydrogen-bond donors (Lipinski definition) is 2. The van der Waals surface area contributed by atoms with E-state index in [-0.39, 0.29) is 13.0 Å². The van der Waals surface area contributed by atoms with Crippen LogP contribution in [0.15, 0.2) is 18.2 Å². The summed E-state index contributed by atoms with van der Waals surface area (Å²) in [6.45, 7) is 1.33. The van der Waals surface area contributed by atoms with Crippen molar-refractivity contribution >= 4 is 11.9 Å². The number of carboxylic acid groups (broad SMARTS) is 1. The number of ether oxygens (including phenoxy) is 3. The van der Waals surface area contributed by atoms with Crippen molar-refractivity contribution in [2.24, 2.45) is 0 Å². The third-order valence-corrected chi connectivity index (χ3v) is 3.22. The fourth-order valence-electron chi connectivity index (χ4n) is 2.04. The van der Waals surface area contributed by atoms with E-state index in [9.17, 15) is 9.59 Å². The number of carbonyl (C=O) groups is 2. The summed E-state index contributed by atoms with van der Waals surface area (Å²) in [7, 11) is 1.48. The number of amides is 1. The summed E-state index contributed by atoms with van der Waals surface area (Å²) in [4.78, 5) is 23.3. The van der Waals surface area contributed by atoms with E-state index in [1.54, 1.807) is 18.2 Å². The minimum absolute atomic E-state index is 0.197. The Morgan fingerprint density at radius 1 is 1.32 bits per heavy atom. The van der Waals surface area contributed by atoms with Gasteiger partial charge in [-0.15, -0.1) is 0 Å². The van der Waals surface area contributed by atoms with Gasteiger partial charge in [0.05, 0.1) is 13.2 Å². The Bertz CT molecular complexity index is 545. The van der Waals surface area contributed by atoms with E-state index in [1.807, 2.05) is 0 Å². The molecule has 1 aromatic carbocycles.